The average molecular weight is 210 g/mol. The lowest BCUT2D eigenvalue weighted by molar-refractivity contribution is -0.153. The lowest BCUT2D eigenvalue weighted by Gasteiger charge is -2.41. The first-order valence-corrected chi connectivity index (χ1v) is 5.02. The quantitative estimate of drug-likeness (QED) is 0.756. The Kier molecular flexibility index (Phi) is 2.26. The van der Waals surface area contributed by atoms with Gasteiger partial charge in [-0.15, -0.1) is 0 Å². The van der Waals surface area contributed by atoms with Gasteiger partial charge in [-0.25, -0.2) is 4.98 Å². The van der Waals surface area contributed by atoms with Crippen molar-refractivity contribution in [1.29, 1.82) is 0 Å². The minimum Gasteiger partial charge on any atom is -0.481 e. The van der Waals surface area contributed by atoms with Crippen LogP contribution in [0.15, 0.2) is 12.5 Å². The first-order chi connectivity index (χ1) is 7.10. The molecule has 1 aromatic rings. The highest BCUT2D eigenvalue weighted by Gasteiger charge is 2.53. The van der Waals surface area contributed by atoms with Crippen molar-refractivity contribution in [3.05, 3.63) is 18.2 Å². The summed E-state index contributed by atoms with van der Waals surface area (Å²) in [6, 6.07) is 0. The van der Waals surface area contributed by atoms with Crippen LogP contribution < -0.4 is 0 Å². The molecule has 2 rings (SSSR count). The molecule has 0 aliphatic heterocycles. The van der Waals surface area contributed by atoms with Gasteiger partial charge < -0.3 is 14.8 Å². The van der Waals surface area contributed by atoms with Crippen LogP contribution in [0.5, 0.6) is 0 Å². The standard InChI is InChI=1S/C10H14N2O3/c1-2-12-6-11-5-8(12)10(9(14)15)3-7(13)4-10/h5-7,13H,2-4H2,1H3,(H,14,15). The van der Waals surface area contributed by atoms with Gasteiger partial charge in [-0.1, -0.05) is 0 Å². The van der Waals surface area contributed by atoms with Crippen LogP contribution in [-0.2, 0) is 16.8 Å². The number of carbonyl (C=O) groups is 1. The number of hydrogen-bond donors (Lipinski definition) is 2. The predicted octanol–water partition coefficient (Wildman–Crippen LogP) is 0.380. The number of aryl methyl sites for hydroxylation is 1. The third kappa shape index (κ3) is 1.34. The molecule has 0 aromatic carbocycles. The number of hydrogen-bond acceptors (Lipinski definition) is 3. The number of rotatable bonds is 3. The Labute approximate surface area is 87.4 Å². The summed E-state index contributed by atoms with van der Waals surface area (Å²) in [5.41, 5.74) is -0.228. The molecule has 1 aliphatic rings. The molecule has 1 aliphatic carbocycles. The fourth-order valence-electron chi connectivity index (χ4n) is 2.21. The van der Waals surface area contributed by atoms with E-state index in [1.807, 2.05) is 11.5 Å². The highest BCUT2D eigenvalue weighted by molar-refractivity contribution is 5.82. The van der Waals surface area contributed by atoms with E-state index >= 15 is 0 Å². The molecular formula is C10H14N2O3. The highest BCUT2D eigenvalue weighted by Crippen LogP contribution is 2.44. The fourth-order valence-corrected chi connectivity index (χ4v) is 2.21. The Bertz CT molecular complexity index is 380. The van der Waals surface area contributed by atoms with E-state index in [9.17, 15) is 15.0 Å². The van der Waals surface area contributed by atoms with Gasteiger partial charge >= 0.3 is 5.97 Å². The Hall–Kier alpha value is -1.36. The molecule has 0 bridgehead atoms. The monoisotopic (exact) mass is 210 g/mol. The Morgan fingerprint density at radius 1 is 1.73 bits per heavy atom. The molecule has 15 heavy (non-hydrogen) atoms. The summed E-state index contributed by atoms with van der Waals surface area (Å²) in [5, 5.41) is 18.5. The van der Waals surface area contributed by atoms with Gasteiger partial charge in [0.1, 0.15) is 5.41 Å². The van der Waals surface area contributed by atoms with Gasteiger partial charge in [0.05, 0.1) is 18.1 Å². The van der Waals surface area contributed by atoms with E-state index in [4.69, 9.17) is 0 Å². The second-order valence-corrected chi connectivity index (χ2v) is 4.01. The highest BCUT2D eigenvalue weighted by atomic mass is 16.4. The maximum absolute atomic E-state index is 11.3. The van der Waals surface area contributed by atoms with Crippen LogP contribution >= 0.6 is 0 Å². The zero-order valence-corrected chi connectivity index (χ0v) is 8.55. The van der Waals surface area contributed by atoms with E-state index in [-0.39, 0.29) is 12.8 Å². The maximum atomic E-state index is 11.3. The molecule has 82 valence electrons. The summed E-state index contributed by atoms with van der Waals surface area (Å²) in [7, 11) is 0. The molecule has 2 N–H and O–H groups in total. The number of aliphatic hydroxyl groups excluding tert-OH is 1. The van der Waals surface area contributed by atoms with E-state index in [1.165, 1.54) is 0 Å². The molecule has 5 nitrogen and oxygen atoms in total. The molecule has 0 radical (unpaired) electrons. The number of aliphatic hydroxyl groups is 1. The molecule has 0 unspecified atom stereocenters. The van der Waals surface area contributed by atoms with E-state index in [2.05, 4.69) is 4.98 Å². The van der Waals surface area contributed by atoms with Crippen molar-refractivity contribution in [1.82, 2.24) is 9.55 Å². The van der Waals surface area contributed by atoms with Crippen LogP contribution in [-0.4, -0.2) is 31.8 Å². The van der Waals surface area contributed by atoms with Gasteiger partial charge in [-0.2, -0.15) is 0 Å². The maximum Gasteiger partial charge on any atom is 0.315 e. The minimum absolute atomic E-state index is 0.286. The molecule has 0 saturated heterocycles. The number of imidazole rings is 1. The second kappa shape index (κ2) is 3.34. The molecule has 0 atom stereocenters. The van der Waals surface area contributed by atoms with Crippen molar-refractivity contribution in [3.63, 3.8) is 0 Å². The summed E-state index contributed by atoms with van der Waals surface area (Å²) in [6.45, 7) is 2.64. The van der Waals surface area contributed by atoms with Crippen LogP contribution in [0.4, 0.5) is 0 Å². The summed E-state index contributed by atoms with van der Waals surface area (Å²) in [6.07, 6.45) is 3.29. The topological polar surface area (TPSA) is 75.4 Å². The zero-order valence-electron chi connectivity index (χ0n) is 8.55. The minimum atomic E-state index is -0.925. The van der Waals surface area contributed by atoms with Gasteiger partial charge in [0.15, 0.2) is 0 Å². The van der Waals surface area contributed by atoms with Crippen LogP contribution in [0.2, 0.25) is 0 Å². The molecule has 0 amide bonds. The normalized spacial score (nSPS) is 29.9. The molecule has 1 heterocycles. The first kappa shape index (κ1) is 10.2. The van der Waals surface area contributed by atoms with Crippen LogP contribution in [0.25, 0.3) is 0 Å². The summed E-state index contributed by atoms with van der Waals surface area (Å²) in [4.78, 5) is 15.2. The lowest BCUT2D eigenvalue weighted by Crippen LogP contribution is -2.51. The van der Waals surface area contributed by atoms with Crippen LogP contribution in [0, 0.1) is 0 Å². The second-order valence-electron chi connectivity index (χ2n) is 4.01. The summed E-state index contributed by atoms with van der Waals surface area (Å²) in [5.74, 6) is -0.872. The van der Waals surface area contributed by atoms with Crippen LogP contribution in [0.1, 0.15) is 25.5 Å². The van der Waals surface area contributed by atoms with Crippen molar-refractivity contribution in [3.8, 4) is 0 Å². The lowest BCUT2D eigenvalue weighted by atomic mass is 9.65. The van der Waals surface area contributed by atoms with Crippen molar-refractivity contribution in [2.24, 2.45) is 0 Å². The van der Waals surface area contributed by atoms with Gasteiger partial charge in [-0.05, 0) is 19.8 Å². The van der Waals surface area contributed by atoms with E-state index in [0.29, 0.717) is 12.2 Å². The molecule has 1 aromatic heterocycles. The molecule has 5 heteroatoms. The molecule has 1 saturated carbocycles. The molecule has 0 spiro atoms. The van der Waals surface area contributed by atoms with Gasteiger partial charge in [0.25, 0.3) is 0 Å². The zero-order chi connectivity index (χ0) is 11.1. The number of aliphatic carboxylic acids is 1. The third-order valence-electron chi connectivity index (χ3n) is 3.12. The summed E-state index contributed by atoms with van der Waals surface area (Å²) >= 11 is 0. The fraction of sp³-hybridized carbons (Fsp3) is 0.600. The van der Waals surface area contributed by atoms with Crippen molar-refractivity contribution < 1.29 is 15.0 Å². The van der Waals surface area contributed by atoms with E-state index in [0.717, 1.165) is 0 Å². The van der Waals surface area contributed by atoms with E-state index in [1.54, 1.807) is 12.5 Å². The van der Waals surface area contributed by atoms with Gasteiger partial charge in [-0.3, -0.25) is 4.79 Å². The Morgan fingerprint density at radius 3 is 2.87 bits per heavy atom. The van der Waals surface area contributed by atoms with E-state index < -0.39 is 17.5 Å². The van der Waals surface area contributed by atoms with Crippen molar-refractivity contribution in [2.75, 3.05) is 0 Å². The third-order valence-corrected chi connectivity index (χ3v) is 3.12. The predicted molar refractivity (Wildman–Crippen MR) is 52.5 cm³/mol. The van der Waals surface area contributed by atoms with Gasteiger partial charge in [0, 0.05) is 12.7 Å². The molecular weight excluding hydrogens is 196 g/mol. The SMILES string of the molecule is CCn1cncc1C1(C(=O)O)CC(O)C1. The number of nitrogens with zero attached hydrogens (tertiary/aromatic N) is 2. The Balaban J connectivity index is 2.38. The van der Waals surface area contributed by atoms with Crippen molar-refractivity contribution >= 4 is 5.97 Å². The van der Waals surface area contributed by atoms with Crippen LogP contribution in [0.3, 0.4) is 0 Å². The van der Waals surface area contributed by atoms with Gasteiger partial charge in [0.2, 0.25) is 0 Å². The Morgan fingerprint density at radius 2 is 2.40 bits per heavy atom. The number of carboxylic acid groups (broad SMARTS) is 1. The largest absolute Gasteiger partial charge is 0.481 e. The number of aromatic nitrogens is 2. The first-order valence-electron chi connectivity index (χ1n) is 5.02. The van der Waals surface area contributed by atoms with Crippen molar-refractivity contribution in [2.45, 2.75) is 37.8 Å². The molecule has 1 fully saturated rings. The summed E-state index contributed by atoms with van der Waals surface area (Å²) < 4.78 is 1.82. The average Bonchev–Trinajstić information content (AvgIpc) is 2.59. The number of carboxylic acids is 1. The smallest absolute Gasteiger partial charge is 0.315 e.